The van der Waals surface area contributed by atoms with E-state index in [4.69, 9.17) is 11.6 Å². The molecule has 3 heterocycles. The second kappa shape index (κ2) is 7.04. The van der Waals surface area contributed by atoms with E-state index >= 15 is 0 Å². The molecule has 0 radical (unpaired) electrons. The zero-order chi connectivity index (χ0) is 15.4. The van der Waals surface area contributed by atoms with Gasteiger partial charge in [0.25, 0.3) is 0 Å². The first kappa shape index (κ1) is 15.2. The highest BCUT2D eigenvalue weighted by Gasteiger charge is 2.20. The number of hydrogen-bond donors (Lipinski definition) is 1. The fraction of sp³-hybridized carbons (Fsp3) is 0.357. The maximum Gasteiger partial charge on any atom is 0.238 e. The molecule has 0 bridgehead atoms. The maximum absolute atomic E-state index is 12.1. The molecule has 0 saturated carbocycles. The van der Waals surface area contributed by atoms with Crippen LogP contribution >= 0.6 is 22.9 Å². The van der Waals surface area contributed by atoms with Crippen molar-refractivity contribution >= 4 is 39.7 Å². The maximum atomic E-state index is 12.1. The molecule has 6 nitrogen and oxygen atoms in total. The van der Waals surface area contributed by atoms with Gasteiger partial charge in [0.2, 0.25) is 5.91 Å². The summed E-state index contributed by atoms with van der Waals surface area (Å²) >= 11 is 7.58. The Labute approximate surface area is 137 Å². The minimum Gasteiger partial charge on any atom is -0.346 e. The second-order valence-electron chi connectivity index (χ2n) is 4.97. The normalized spacial score (nSPS) is 15.8. The predicted octanol–water partition coefficient (Wildman–Crippen LogP) is 1.95. The van der Waals surface area contributed by atoms with Gasteiger partial charge in [-0.2, -0.15) is 0 Å². The van der Waals surface area contributed by atoms with Gasteiger partial charge < -0.3 is 10.2 Å². The van der Waals surface area contributed by atoms with E-state index in [-0.39, 0.29) is 5.91 Å². The molecule has 1 saturated heterocycles. The average Bonchev–Trinajstić information content (AvgIpc) is 3.05. The summed E-state index contributed by atoms with van der Waals surface area (Å²) in [6, 6.07) is 3.49. The molecule has 1 N–H and O–H groups in total. The topological polar surface area (TPSA) is 61.4 Å². The molecule has 0 unspecified atom stereocenters. The van der Waals surface area contributed by atoms with Crippen LogP contribution in [0, 0.1) is 0 Å². The molecule has 8 heteroatoms. The van der Waals surface area contributed by atoms with Crippen LogP contribution in [-0.2, 0) is 4.79 Å². The summed E-state index contributed by atoms with van der Waals surface area (Å²) in [5.41, 5.74) is 0.551. The van der Waals surface area contributed by atoms with E-state index in [1.54, 1.807) is 29.7 Å². The largest absolute Gasteiger partial charge is 0.346 e. The van der Waals surface area contributed by atoms with E-state index in [0.717, 1.165) is 31.3 Å². The van der Waals surface area contributed by atoms with Crippen LogP contribution in [0.15, 0.2) is 29.9 Å². The highest BCUT2D eigenvalue weighted by atomic mass is 35.5. The van der Waals surface area contributed by atoms with Gasteiger partial charge in [0.05, 0.1) is 12.2 Å². The first-order valence-corrected chi connectivity index (χ1v) is 8.25. The van der Waals surface area contributed by atoms with Crippen LogP contribution in [-0.4, -0.2) is 53.5 Å². The van der Waals surface area contributed by atoms with E-state index in [2.05, 4.69) is 25.1 Å². The van der Waals surface area contributed by atoms with Crippen LogP contribution in [0.2, 0.25) is 5.15 Å². The van der Waals surface area contributed by atoms with Gasteiger partial charge in [-0.05, 0) is 12.1 Å². The van der Waals surface area contributed by atoms with Crippen molar-refractivity contribution in [2.45, 2.75) is 0 Å². The van der Waals surface area contributed by atoms with Crippen LogP contribution in [0.4, 0.5) is 10.8 Å². The zero-order valence-electron chi connectivity index (χ0n) is 11.9. The van der Waals surface area contributed by atoms with Crippen molar-refractivity contribution in [3.05, 3.63) is 35.1 Å². The summed E-state index contributed by atoms with van der Waals surface area (Å²) in [6.07, 6.45) is 3.41. The number of carbonyl (C=O) groups excluding carboxylic acids is 1. The number of thiazole rings is 1. The molecule has 2 aromatic heterocycles. The fourth-order valence-electron chi connectivity index (χ4n) is 2.34. The van der Waals surface area contributed by atoms with Crippen molar-refractivity contribution < 1.29 is 4.79 Å². The van der Waals surface area contributed by atoms with Crippen molar-refractivity contribution in [3.8, 4) is 0 Å². The summed E-state index contributed by atoms with van der Waals surface area (Å²) in [5.74, 6) is -0.0717. The highest BCUT2D eigenvalue weighted by Crippen LogP contribution is 2.19. The van der Waals surface area contributed by atoms with Gasteiger partial charge in [-0.1, -0.05) is 11.6 Å². The number of amides is 1. The number of rotatable bonds is 4. The molecule has 0 atom stereocenters. The molecule has 1 aliphatic heterocycles. The second-order valence-corrected chi connectivity index (χ2v) is 6.20. The number of anilines is 2. The predicted molar refractivity (Wildman–Crippen MR) is 88.6 cm³/mol. The van der Waals surface area contributed by atoms with Crippen LogP contribution in [0.1, 0.15) is 0 Å². The smallest absolute Gasteiger partial charge is 0.238 e. The molecular formula is C14H16ClN5OS. The number of carbonyl (C=O) groups is 1. The van der Waals surface area contributed by atoms with Crippen molar-refractivity contribution in [3.63, 3.8) is 0 Å². The molecule has 1 fully saturated rings. The average molecular weight is 338 g/mol. The summed E-state index contributed by atoms with van der Waals surface area (Å²) in [5, 5.41) is 6.13. The van der Waals surface area contributed by atoms with Gasteiger partial charge in [0.15, 0.2) is 10.3 Å². The Morgan fingerprint density at radius 2 is 2.09 bits per heavy atom. The van der Waals surface area contributed by atoms with Crippen molar-refractivity contribution in [2.75, 3.05) is 42.9 Å². The molecular weight excluding hydrogens is 322 g/mol. The Hall–Kier alpha value is -1.70. The summed E-state index contributed by atoms with van der Waals surface area (Å²) < 4.78 is 0. The lowest BCUT2D eigenvalue weighted by atomic mass is 10.3. The van der Waals surface area contributed by atoms with Gasteiger partial charge in [-0.15, -0.1) is 11.3 Å². The lowest BCUT2D eigenvalue weighted by molar-refractivity contribution is -0.117. The standard InChI is InChI=1S/C14H16ClN5OS/c15-13-11(2-1-3-16-13)18-12(21)10-19-5-7-20(8-6-19)14-17-4-9-22-14/h1-4,9H,5-8,10H2,(H,18,21). The highest BCUT2D eigenvalue weighted by molar-refractivity contribution is 7.13. The third-order valence-corrected chi connectivity index (χ3v) is 4.60. The molecule has 0 aliphatic carbocycles. The van der Waals surface area contributed by atoms with Gasteiger partial charge in [0, 0.05) is 44.0 Å². The van der Waals surface area contributed by atoms with Crippen molar-refractivity contribution in [2.24, 2.45) is 0 Å². The van der Waals surface area contributed by atoms with Gasteiger partial charge in [-0.3, -0.25) is 9.69 Å². The van der Waals surface area contributed by atoms with Crippen LogP contribution in [0.3, 0.4) is 0 Å². The summed E-state index contributed by atoms with van der Waals surface area (Å²) in [4.78, 5) is 24.7. The molecule has 0 spiro atoms. The number of hydrogen-bond acceptors (Lipinski definition) is 6. The molecule has 1 aliphatic rings. The Balaban J connectivity index is 1.48. The molecule has 22 heavy (non-hydrogen) atoms. The lowest BCUT2D eigenvalue weighted by Crippen LogP contribution is -2.48. The molecule has 1 amide bonds. The van der Waals surface area contributed by atoms with Gasteiger partial charge >= 0.3 is 0 Å². The summed E-state index contributed by atoms with van der Waals surface area (Å²) in [7, 11) is 0. The monoisotopic (exact) mass is 337 g/mol. The van der Waals surface area contributed by atoms with Crippen molar-refractivity contribution in [1.82, 2.24) is 14.9 Å². The van der Waals surface area contributed by atoms with E-state index in [9.17, 15) is 4.79 Å². The number of nitrogens with zero attached hydrogens (tertiary/aromatic N) is 4. The van der Waals surface area contributed by atoms with E-state index in [1.807, 2.05) is 11.6 Å². The van der Waals surface area contributed by atoms with Crippen LogP contribution < -0.4 is 10.2 Å². The first-order valence-electron chi connectivity index (χ1n) is 6.99. The van der Waals surface area contributed by atoms with E-state index < -0.39 is 0 Å². The number of nitrogens with one attached hydrogen (secondary N) is 1. The third-order valence-electron chi connectivity index (χ3n) is 3.46. The molecule has 116 valence electrons. The van der Waals surface area contributed by atoms with Crippen LogP contribution in [0.5, 0.6) is 0 Å². The minimum atomic E-state index is -0.0717. The zero-order valence-corrected chi connectivity index (χ0v) is 13.5. The fourth-order valence-corrected chi connectivity index (χ4v) is 3.20. The minimum absolute atomic E-state index is 0.0717. The van der Waals surface area contributed by atoms with Gasteiger partial charge in [-0.25, -0.2) is 9.97 Å². The van der Waals surface area contributed by atoms with Gasteiger partial charge in [0.1, 0.15) is 0 Å². The number of aromatic nitrogens is 2. The quantitative estimate of drug-likeness (QED) is 0.864. The molecule has 3 rings (SSSR count). The first-order chi connectivity index (χ1) is 10.7. The van der Waals surface area contributed by atoms with Crippen molar-refractivity contribution in [1.29, 1.82) is 0 Å². The lowest BCUT2D eigenvalue weighted by Gasteiger charge is -2.34. The Morgan fingerprint density at radius 3 is 2.77 bits per heavy atom. The van der Waals surface area contributed by atoms with Crippen LogP contribution in [0.25, 0.3) is 0 Å². The Kier molecular flexibility index (Phi) is 4.87. The third kappa shape index (κ3) is 3.73. The Morgan fingerprint density at radius 1 is 1.27 bits per heavy atom. The Bertz CT molecular complexity index is 628. The van der Waals surface area contributed by atoms with E-state index in [0.29, 0.717) is 17.4 Å². The summed E-state index contributed by atoms with van der Waals surface area (Å²) in [6.45, 7) is 3.81. The number of pyridine rings is 1. The molecule has 2 aromatic rings. The van der Waals surface area contributed by atoms with E-state index in [1.165, 1.54) is 0 Å². The SMILES string of the molecule is O=C(CN1CCN(c2nccs2)CC1)Nc1cccnc1Cl. The number of piperazine rings is 1. The molecule has 0 aromatic carbocycles. The number of halogens is 1.